The van der Waals surface area contributed by atoms with Crippen LogP contribution >= 0.6 is 50.7 Å². The van der Waals surface area contributed by atoms with Gasteiger partial charge in [-0.15, -0.1) is 0 Å². The number of aryl methyl sites for hydroxylation is 1. The number of halogens is 7. The van der Waals surface area contributed by atoms with Gasteiger partial charge >= 0.3 is 109 Å². The Hall–Kier alpha value is -4.71. The third-order valence-electron chi connectivity index (χ3n) is 15.0. The average Bonchev–Trinajstić information content (AvgIpc) is 1.65. The minimum atomic E-state index is -1.02. The number of carboxylic acid groups (broad SMARTS) is 1. The Labute approximate surface area is 657 Å². The van der Waals surface area contributed by atoms with E-state index in [0.717, 1.165) is 18.8 Å². The molecular weight excluding hydrogens is 1420 g/mol. The van der Waals surface area contributed by atoms with Gasteiger partial charge in [0.15, 0.2) is 11.4 Å². The second-order valence-electron chi connectivity index (χ2n) is 22.0. The molecule has 10 N–H and O–H groups in total. The molecule has 10 rings (SSSR count). The number of nitrogens with one attached hydrogen (secondary N) is 3. The van der Waals surface area contributed by atoms with Crippen LogP contribution in [0.25, 0.3) is 21.8 Å². The predicted octanol–water partition coefficient (Wildman–Crippen LogP) is 2.25. The van der Waals surface area contributed by atoms with Gasteiger partial charge in [-0.2, -0.15) is 10.2 Å². The normalized spacial score (nSPS) is 13.5. The van der Waals surface area contributed by atoms with E-state index < -0.39 is 41.1 Å². The number of ketones is 1. The van der Waals surface area contributed by atoms with E-state index in [9.17, 15) is 46.7 Å². The molecule has 0 saturated heterocycles. The summed E-state index contributed by atoms with van der Waals surface area (Å²) in [4.78, 5) is 94.9. The topological polar surface area (TPSA) is 342 Å². The Balaban J connectivity index is 0.000000433. The number of Topliss-reactive ketones (excluding diaryl/α,β-unsaturated/α-hetero) is 1. The number of hydrogen-bond acceptors (Lipinski definition) is 14. The quantitative estimate of drug-likeness (QED) is 0.0150. The van der Waals surface area contributed by atoms with Crippen molar-refractivity contribution in [3.05, 3.63) is 164 Å². The summed E-state index contributed by atoms with van der Waals surface area (Å²) in [6, 6.07) is 28.7. The summed E-state index contributed by atoms with van der Waals surface area (Å²) >= 11 is 20.1. The third-order valence-corrected chi connectivity index (χ3v) is 16.5. The number of amides is 5. The molecule has 0 aliphatic heterocycles. The van der Waals surface area contributed by atoms with Gasteiger partial charge in [0, 0.05) is 59.5 Å². The van der Waals surface area contributed by atoms with Gasteiger partial charge in [-0.25, -0.2) is 13.2 Å². The van der Waals surface area contributed by atoms with Gasteiger partial charge in [0.25, 0.3) is 18.3 Å². The van der Waals surface area contributed by atoms with Crippen molar-refractivity contribution in [1.29, 1.82) is 0 Å². The summed E-state index contributed by atoms with van der Waals surface area (Å²) in [5, 5.41) is 35.4. The number of aromatic nitrogens is 4. The van der Waals surface area contributed by atoms with E-state index in [0.29, 0.717) is 75.0 Å². The monoisotopic (exact) mass is 1490 g/mol. The van der Waals surface area contributed by atoms with Gasteiger partial charge in [-0.3, -0.25) is 47.7 Å². The van der Waals surface area contributed by atoms with E-state index >= 15 is 0 Å². The van der Waals surface area contributed by atoms with Crippen LogP contribution in [0.1, 0.15) is 105 Å². The SMILES string of the molecule is CC(C1CC1)N(CC(=O)NCc1cccc(Cl)c1F)C(=O)Cn1nc(C(N)=O)c2ccccc21.CC(N)C1CC1.CC(NCC(=O)NCc1cccc(Cl)c1F)C1CC1.NC(=O)c1nn(CC(=O)O)c2ccccc12.O=C(CBr)CCc1cccc(Cl)c1F.O=CO[O-].[H-].[K+].[K+]. The molecule has 0 radical (unpaired) electrons. The number of benzene rings is 5. The standard InChI is InChI=1S/C24H25ClFN5O3.C14H18ClFN2O.C10H9BrClFO.C10H9N3O3.C5H11N.CH2O3.2K.H/c1-14(15-9-10-15)30(12-20(32)28-11-16-5-4-7-18(25)22(16)26)21(33)13-31-19-8-3-2-6-17(19)23(29-31)24(27)34;1-9(10-5-6-10)17-8-13(19)18-7-11-3-2-4-12(15)14(11)16;11-6-8(14)5-4-7-2-1-3-9(12)10(7)13;11-10(16)9-6-3-1-2-4-7(6)13(12-9)5-8(14)15;1-4(6)5-2-3-5;2-1-4-3;;;/h2-8,14-15H,9-13H2,1H3,(H2,27,34)(H,28,32);2-4,9-10,17H,5-8H2,1H3,(H,18,19);1-3H,4-6H2;1-4H,5H2,(H2,11,16)(H,14,15);4-5H,2-3,6H2,1H3;1,3H;;;/q;;;;;;2*+1;-1/p-1. The first kappa shape index (κ1) is 84.5. The number of nitrogens with zero attached hydrogens (tertiary/aromatic N) is 5. The number of rotatable bonds is 24. The van der Waals surface area contributed by atoms with Crippen molar-refractivity contribution in [3.8, 4) is 0 Å². The van der Waals surface area contributed by atoms with Gasteiger partial charge in [0.2, 0.25) is 17.7 Å². The molecule has 31 heteroatoms. The molecule has 0 bridgehead atoms. The maximum atomic E-state index is 14.1. The molecule has 0 spiro atoms. The van der Waals surface area contributed by atoms with Crippen LogP contribution in [0.4, 0.5) is 13.2 Å². The van der Waals surface area contributed by atoms with Gasteiger partial charge in [-0.1, -0.05) is 124 Å². The first-order valence-corrected chi connectivity index (χ1v) is 31.7. The fraction of sp³-hybridized carbons (Fsp3) is 0.375. The minimum Gasteiger partial charge on any atom is -1.00 e. The van der Waals surface area contributed by atoms with Crippen molar-refractivity contribution in [3.63, 3.8) is 0 Å². The zero-order valence-corrected chi connectivity index (χ0v) is 63.2. The molecule has 3 fully saturated rings. The number of carbonyl (C=O) groups excluding carboxylic acids is 7. The second kappa shape index (κ2) is 43.0. The van der Waals surface area contributed by atoms with Gasteiger partial charge < -0.3 is 54.7 Å². The number of alkyl halides is 1. The first-order valence-electron chi connectivity index (χ1n) is 29.4. The zero-order valence-electron chi connectivity index (χ0n) is 54.1. The molecule has 3 aliphatic rings. The second-order valence-corrected chi connectivity index (χ2v) is 23.8. The number of carbonyl (C=O) groups is 8. The number of carboxylic acids is 1. The average molecular weight is 1490 g/mol. The fourth-order valence-corrected chi connectivity index (χ4v) is 10.1. The van der Waals surface area contributed by atoms with E-state index in [1.165, 1.54) is 64.2 Å². The number of aliphatic carboxylic acids is 1. The van der Waals surface area contributed by atoms with Gasteiger partial charge in [0.05, 0.1) is 44.5 Å². The smallest absolute Gasteiger partial charge is 1.00 e. The molecule has 3 aliphatic carbocycles. The van der Waals surface area contributed by atoms with Crippen LogP contribution in [0.3, 0.4) is 0 Å². The van der Waals surface area contributed by atoms with Crippen LogP contribution in [-0.4, -0.2) is 114 Å². The van der Waals surface area contributed by atoms with E-state index in [4.69, 9.17) is 67.2 Å². The van der Waals surface area contributed by atoms with E-state index in [-0.39, 0.29) is 206 Å². The molecule has 22 nitrogen and oxygen atoms in total. The number of nitrogens with two attached hydrogens (primary N) is 3. The maximum Gasteiger partial charge on any atom is 1.00 e. The largest absolute Gasteiger partial charge is 1.00 e. The van der Waals surface area contributed by atoms with Crippen LogP contribution in [0.5, 0.6) is 0 Å². The molecule has 5 aromatic carbocycles. The Morgan fingerprint density at radius 3 is 1.51 bits per heavy atom. The fourth-order valence-electron chi connectivity index (χ4n) is 9.25. The van der Waals surface area contributed by atoms with Crippen molar-refractivity contribution in [2.24, 2.45) is 35.0 Å². The molecule has 2 aromatic heterocycles. The molecule has 5 amide bonds. The number of fused-ring (bicyclic) bond motifs is 2. The summed E-state index contributed by atoms with van der Waals surface area (Å²) in [6.45, 7) is 5.64. The number of hydrogen-bond donors (Lipinski definition) is 7. The molecule has 2 heterocycles. The molecular formula is C64H74BrCl3F3K2N11O11. The van der Waals surface area contributed by atoms with Gasteiger partial charge in [0.1, 0.15) is 36.3 Å². The van der Waals surface area contributed by atoms with Crippen LogP contribution in [-0.2, 0) is 66.3 Å². The summed E-state index contributed by atoms with van der Waals surface area (Å²) in [7, 11) is 0. The van der Waals surface area contributed by atoms with Crippen LogP contribution < -0.4 is 141 Å². The van der Waals surface area contributed by atoms with Crippen LogP contribution in [0.15, 0.2) is 103 Å². The van der Waals surface area contributed by atoms with Crippen molar-refractivity contribution >= 4 is 120 Å². The van der Waals surface area contributed by atoms with Crippen molar-refractivity contribution in [2.75, 3.05) is 18.4 Å². The van der Waals surface area contributed by atoms with E-state index in [2.05, 4.69) is 60.8 Å². The third kappa shape index (κ3) is 28.2. The van der Waals surface area contributed by atoms with Gasteiger partial charge in [-0.05, 0) is 119 Å². The molecule has 3 saturated carbocycles. The summed E-state index contributed by atoms with van der Waals surface area (Å²) < 4.78 is 43.7. The summed E-state index contributed by atoms with van der Waals surface area (Å²) in [5.41, 5.74) is 18.6. The predicted molar refractivity (Wildman–Crippen MR) is 348 cm³/mol. The summed E-state index contributed by atoms with van der Waals surface area (Å²) in [6.07, 6.45) is 7.93. The zero-order chi connectivity index (χ0) is 68.5. The van der Waals surface area contributed by atoms with Crippen molar-refractivity contribution < 1.29 is 171 Å². The van der Waals surface area contributed by atoms with Crippen molar-refractivity contribution in [2.45, 2.75) is 116 Å². The Kier molecular flexibility index (Phi) is 38.2. The van der Waals surface area contributed by atoms with Crippen molar-refractivity contribution in [1.82, 2.24) is 40.4 Å². The van der Waals surface area contributed by atoms with E-state index in [1.807, 2.05) is 6.92 Å². The van der Waals surface area contributed by atoms with E-state index in [1.54, 1.807) is 78.9 Å². The number of primary amides is 2. The Morgan fingerprint density at radius 1 is 0.684 bits per heavy atom. The molecule has 502 valence electrons. The van der Waals surface area contributed by atoms with Crippen LogP contribution in [0, 0.1) is 35.2 Å². The molecule has 3 atom stereocenters. The van der Waals surface area contributed by atoms with Crippen LogP contribution in [0.2, 0.25) is 15.1 Å². The molecule has 3 unspecified atom stereocenters. The molecule has 95 heavy (non-hydrogen) atoms. The first-order chi connectivity index (χ1) is 44.3. The number of para-hydroxylation sites is 2. The minimum absolute atomic E-state index is 0. The Morgan fingerprint density at radius 2 is 1.11 bits per heavy atom. The maximum absolute atomic E-state index is 14.1. The Bertz CT molecular complexity index is 3740. The molecule has 7 aromatic rings. The summed E-state index contributed by atoms with van der Waals surface area (Å²) in [5.74, 6) is -2.74.